The summed E-state index contributed by atoms with van der Waals surface area (Å²) in [6.07, 6.45) is 1.87. The van der Waals surface area contributed by atoms with E-state index in [1.54, 1.807) is 7.05 Å². The molecule has 0 bridgehead atoms. The monoisotopic (exact) mass is 357 g/mol. The maximum Gasteiger partial charge on any atom is 0.260 e. The lowest BCUT2D eigenvalue weighted by molar-refractivity contribution is 0.102. The quantitative estimate of drug-likeness (QED) is 0.883. The molecule has 3 rings (SSSR count). The second-order valence-corrected chi connectivity index (χ2v) is 5.52. The fraction of sp³-hybridized carbons (Fsp3) is 0.400. The van der Waals surface area contributed by atoms with Crippen molar-refractivity contribution in [3.63, 3.8) is 0 Å². The van der Waals surface area contributed by atoms with E-state index < -0.39 is 17.5 Å². The van der Waals surface area contributed by atoms with Crippen LogP contribution in [0.15, 0.2) is 18.2 Å². The Morgan fingerprint density at radius 1 is 1.33 bits per heavy atom. The average molecular weight is 358 g/mol. The van der Waals surface area contributed by atoms with Crippen LogP contribution in [0.5, 0.6) is 0 Å². The summed E-state index contributed by atoms with van der Waals surface area (Å²) in [5, 5.41) is 10.1. The molecule has 2 aromatic rings. The number of hydrogen-bond acceptors (Lipinski definition) is 4. The van der Waals surface area contributed by atoms with Gasteiger partial charge in [-0.15, -0.1) is 12.4 Å². The molecular formula is C15H18ClF2N5O. The summed E-state index contributed by atoms with van der Waals surface area (Å²) in [7, 11) is 1.66. The third-order valence-electron chi connectivity index (χ3n) is 3.88. The summed E-state index contributed by atoms with van der Waals surface area (Å²) in [5.74, 6) is -1.17. The number of nitrogens with one attached hydrogen (secondary N) is 2. The maximum atomic E-state index is 13.6. The van der Waals surface area contributed by atoms with E-state index in [1.165, 1.54) is 4.68 Å². The van der Waals surface area contributed by atoms with Crippen molar-refractivity contribution in [1.29, 1.82) is 0 Å². The molecule has 0 unspecified atom stereocenters. The van der Waals surface area contributed by atoms with Gasteiger partial charge in [-0.1, -0.05) is 0 Å². The van der Waals surface area contributed by atoms with E-state index in [4.69, 9.17) is 0 Å². The number of benzene rings is 1. The number of amides is 1. The molecule has 0 radical (unpaired) electrons. The Morgan fingerprint density at radius 2 is 2.04 bits per heavy atom. The number of piperidine rings is 1. The van der Waals surface area contributed by atoms with Gasteiger partial charge in [0.2, 0.25) is 5.95 Å². The molecule has 0 saturated carbocycles. The molecule has 0 atom stereocenters. The van der Waals surface area contributed by atoms with E-state index in [0.717, 1.165) is 38.1 Å². The highest BCUT2D eigenvalue weighted by Crippen LogP contribution is 2.23. The largest absolute Gasteiger partial charge is 0.317 e. The Hall–Kier alpha value is -2.06. The van der Waals surface area contributed by atoms with Crippen molar-refractivity contribution in [3.8, 4) is 0 Å². The third kappa shape index (κ3) is 3.88. The van der Waals surface area contributed by atoms with Crippen LogP contribution in [0.3, 0.4) is 0 Å². The van der Waals surface area contributed by atoms with Crippen LogP contribution in [-0.2, 0) is 7.05 Å². The fourth-order valence-electron chi connectivity index (χ4n) is 2.61. The predicted molar refractivity (Wildman–Crippen MR) is 87.4 cm³/mol. The van der Waals surface area contributed by atoms with Crippen LogP contribution in [0.25, 0.3) is 0 Å². The van der Waals surface area contributed by atoms with Gasteiger partial charge in [0, 0.05) is 19.0 Å². The Labute approximate surface area is 144 Å². The Balaban J connectivity index is 0.00000208. The standard InChI is InChI=1S/C15H17F2N5O.ClH/c1-22-15(19-13(21-22)9-4-6-18-7-5-9)20-14(23)11-3-2-10(16)8-12(11)17;/h2-3,8-9,18H,4-7H2,1H3,(H,19,20,21,23);1H. The van der Waals surface area contributed by atoms with Crippen molar-refractivity contribution < 1.29 is 13.6 Å². The normalized spacial score (nSPS) is 15.0. The Morgan fingerprint density at radius 3 is 2.71 bits per heavy atom. The fourth-order valence-corrected chi connectivity index (χ4v) is 2.61. The highest BCUT2D eigenvalue weighted by Gasteiger charge is 2.22. The van der Waals surface area contributed by atoms with E-state index in [2.05, 4.69) is 20.7 Å². The second-order valence-electron chi connectivity index (χ2n) is 5.52. The summed E-state index contributed by atoms with van der Waals surface area (Å²) < 4.78 is 28.0. The zero-order valence-corrected chi connectivity index (χ0v) is 13.9. The average Bonchev–Trinajstić information content (AvgIpc) is 2.89. The summed E-state index contributed by atoms with van der Waals surface area (Å²) in [6.45, 7) is 1.82. The molecule has 1 aromatic carbocycles. The van der Waals surface area contributed by atoms with Crippen molar-refractivity contribution in [2.24, 2.45) is 7.05 Å². The third-order valence-corrected chi connectivity index (χ3v) is 3.88. The first-order chi connectivity index (χ1) is 11.0. The number of nitrogens with zero attached hydrogens (tertiary/aromatic N) is 3. The topological polar surface area (TPSA) is 71.8 Å². The van der Waals surface area contributed by atoms with Crippen molar-refractivity contribution >= 4 is 24.3 Å². The summed E-state index contributed by atoms with van der Waals surface area (Å²) >= 11 is 0. The number of anilines is 1. The summed E-state index contributed by atoms with van der Waals surface area (Å²) in [5.41, 5.74) is -0.238. The number of hydrogen-bond donors (Lipinski definition) is 2. The van der Waals surface area contributed by atoms with Crippen LogP contribution >= 0.6 is 12.4 Å². The molecule has 130 valence electrons. The van der Waals surface area contributed by atoms with Gasteiger partial charge in [0.15, 0.2) is 5.82 Å². The molecule has 1 aliphatic heterocycles. The number of aromatic nitrogens is 3. The Bertz CT molecular complexity index is 731. The minimum atomic E-state index is -0.914. The highest BCUT2D eigenvalue weighted by molar-refractivity contribution is 6.03. The van der Waals surface area contributed by atoms with Crippen LogP contribution in [0.4, 0.5) is 14.7 Å². The number of halogens is 3. The summed E-state index contributed by atoms with van der Waals surface area (Å²) in [4.78, 5) is 16.5. The SMILES string of the molecule is Cl.Cn1nc(C2CCNCC2)nc1NC(=O)c1ccc(F)cc1F. The molecule has 9 heteroatoms. The van der Waals surface area contributed by atoms with Crippen LogP contribution in [0, 0.1) is 11.6 Å². The van der Waals surface area contributed by atoms with Crippen LogP contribution in [-0.4, -0.2) is 33.8 Å². The molecule has 1 fully saturated rings. The Kier molecular flexibility index (Phi) is 5.84. The molecular weight excluding hydrogens is 340 g/mol. The zero-order chi connectivity index (χ0) is 16.4. The van der Waals surface area contributed by atoms with Gasteiger partial charge in [0.05, 0.1) is 5.56 Å². The van der Waals surface area contributed by atoms with E-state index >= 15 is 0 Å². The lowest BCUT2D eigenvalue weighted by Gasteiger charge is -2.19. The van der Waals surface area contributed by atoms with Crippen LogP contribution in [0.2, 0.25) is 0 Å². The second kappa shape index (κ2) is 7.67. The molecule has 0 aliphatic carbocycles. The number of carbonyl (C=O) groups excluding carboxylic acids is 1. The van der Waals surface area contributed by atoms with Gasteiger partial charge in [-0.05, 0) is 38.1 Å². The van der Waals surface area contributed by atoms with Gasteiger partial charge in [-0.2, -0.15) is 10.1 Å². The number of rotatable bonds is 3. The first-order valence-corrected chi connectivity index (χ1v) is 7.42. The van der Waals surface area contributed by atoms with Crippen molar-refractivity contribution in [3.05, 3.63) is 41.2 Å². The van der Waals surface area contributed by atoms with Gasteiger partial charge >= 0.3 is 0 Å². The minimum absolute atomic E-state index is 0. The maximum absolute atomic E-state index is 13.6. The number of carbonyl (C=O) groups is 1. The molecule has 1 amide bonds. The van der Waals surface area contributed by atoms with Gasteiger partial charge in [0.25, 0.3) is 5.91 Å². The van der Waals surface area contributed by atoms with E-state index in [1.807, 2.05) is 0 Å². The highest BCUT2D eigenvalue weighted by atomic mass is 35.5. The molecule has 1 aromatic heterocycles. The molecule has 1 saturated heterocycles. The first-order valence-electron chi connectivity index (χ1n) is 7.42. The molecule has 2 N–H and O–H groups in total. The van der Waals surface area contributed by atoms with Crippen LogP contribution in [0.1, 0.15) is 34.9 Å². The van der Waals surface area contributed by atoms with Gasteiger partial charge in [-0.3, -0.25) is 10.1 Å². The predicted octanol–water partition coefficient (Wildman–Crippen LogP) is 2.23. The van der Waals surface area contributed by atoms with Gasteiger partial charge < -0.3 is 5.32 Å². The lowest BCUT2D eigenvalue weighted by atomic mass is 9.98. The van der Waals surface area contributed by atoms with Gasteiger partial charge in [-0.25, -0.2) is 13.5 Å². The molecule has 2 heterocycles. The van der Waals surface area contributed by atoms with E-state index in [0.29, 0.717) is 11.9 Å². The van der Waals surface area contributed by atoms with Crippen molar-refractivity contribution in [2.45, 2.75) is 18.8 Å². The van der Waals surface area contributed by atoms with E-state index in [9.17, 15) is 13.6 Å². The first kappa shape index (κ1) is 18.3. The van der Waals surface area contributed by atoms with Crippen molar-refractivity contribution in [1.82, 2.24) is 20.1 Å². The smallest absolute Gasteiger partial charge is 0.260 e. The van der Waals surface area contributed by atoms with Crippen LogP contribution < -0.4 is 10.6 Å². The lowest BCUT2D eigenvalue weighted by Crippen LogP contribution is -2.27. The van der Waals surface area contributed by atoms with Crippen molar-refractivity contribution in [2.75, 3.05) is 18.4 Å². The zero-order valence-electron chi connectivity index (χ0n) is 13.1. The molecule has 1 aliphatic rings. The van der Waals surface area contributed by atoms with E-state index in [-0.39, 0.29) is 29.8 Å². The minimum Gasteiger partial charge on any atom is -0.317 e. The molecule has 0 spiro atoms. The number of aryl methyl sites for hydroxylation is 1. The molecule has 24 heavy (non-hydrogen) atoms. The summed E-state index contributed by atoms with van der Waals surface area (Å²) in [6, 6.07) is 2.81. The molecule has 6 nitrogen and oxygen atoms in total. The van der Waals surface area contributed by atoms with Gasteiger partial charge in [0.1, 0.15) is 11.6 Å².